The molecule has 0 bridgehead atoms. The third-order valence-electron chi connectivity index (χ3n) is 4.86. The monoisotopic (exact) mass is 396 g/mol. The molecule has 0 aliphatic carbocycles. The molecule has 4 rings (SSSR count). The number of nitrogen functional groups attached to an aromatic ring is 1. The first-order chi connectivity index (χ1) is 14.5. The highest BCUT2D eigenvalue weighted by atomic mass is 16.5. The molecule has 4 N–H and O–H groups in total. The Morgan fingerprint density at radius 1 is 1.13 bits per heavy atom. The van der Waals surface area contributed by atoms with E-state index < -0.39 is 5.91 Å². The number of aryl methyl sites for hydroxylation is 1. The lowest BCUT2D eigenvalue weighted by Crippen LogP contribution is -2.19. The number of hydrogen-bond donors (Lipinski definition) is 2. The quantitative estimate of drug-likeness (QED) is 0.543. The molecule has 30 heavy (non-hydrogen) atoms. The molecule has 8 nitrogen and oxygen atoms in total. The van der Waals surface area contributed by atoms with Gasteiger partial charge in [0.1, 0.15) is 34.8 Å². The average molecular weight is 396 g/mol. The number of anilines is 1. The fourth-order valence-electron chi connectivity index (χ4n) is 3.51. The maximum Gasteiger partial charge on any atom is 0.255 e. The van der Waals surface area contributed by atoms with Crippen LogP contribution in [-0.4, -0.2) is 21.9 Å². The van der Waals surface area contributed by atoms with Crippen LogP contribution in [0.3, 0.4) is 0 Å². The summed E-state index contributed by atoms with van der Waals surface area (Å²) in [6.07, 6.45) is 0. The zero-order valence-corrected chi connectivity index (χ0v) is 16.0. The molecular weight excluding hydrogens is 380 g/mol. The number of carbonyl (C=O) groups excluding carboxylic acids is 1. The summed E-state index contributed by atoms with van der Waals surface area (Å²) in [5.41, 5.74) is 15.7. The number of ether oxygens (including phenoxy) is 1. The molecule has 2 aromatic heterocycles. The van der Waals surface area contributed by atoms with Gasteiger partial charge in [-0.25, -0.2) is 4.98 Å². The molecular formula is C22H16N6O2. The molecule has 2 aromatic carbocycles. The lowest BCUT2D eigenvalue weighted by atomic mass is 9.96. The standard InChI is InChI=1S/C22H16N6O2/c1-12-3-2-4-17-20(12)27-22-16(10-24)19(15(9-23)21(26)28(17)22)13-5-7-14(8-6-13)30-11-18(25)29/h2-8H,11,26H2,1H3,(H2,25,29). The van der Waals surface area contributed by atoms with Crippen molar-refractivity contribution in [2.45, 2.75) is 6.92 Å². The first kappa shape index (κ1) is 18.8. The Balaban J connectivity index is 2.00. The van der Waals surface area contributed by atoms with Gasteiger partial charge in [0.2, 0.25) is 0 Å². The van der Waals surface area contributed by atoms with Crippen molar-refractivity contribution in [3.8, 4) is 29.0 Å². The lowest BCUT2D eigenvalue weighted by Gasteiger charge is -2.13. The molecule has 8 heteroatoms. The first-order valence-electron chi connectivity index (χ1n) is 9.01. The third-order valence-corrected chi connectivity index (χ3v) is 4.86. The minimum Gasteiger partial charge on any atom is -0.484 e. The molecule has 0 atom stereocenters. The largest absolute Gasteiger partial charge is 0.484 e. The van der Waals surface area contributed by atoms with Crippen LogP contribution in [0.15, 0.2) is 42.5 Å². The SMILES string of the molecule is Cc1cccc2c1nc1c(C#N)c(-c3ccc(OCC(N)=O)cc3)c(C#N)c(N)n12. The summed E-state index contributed by atoms with van der Waals surface area (Å²) in [6, 6.07) is 16.6. The van der Waals surface area contributed by atoms with Gasteiger partial charge in [-0.3, -0.25) is 9.20 Å². The molecule has 0 unspecified atom stereocenters. The zero-order chi connectivity index (χ0) is 21.4. The molecule has 4 aromatic rings. The summed E-state index contributed by atoms with van der Waals surface area (Å²) >= 11 is 0. The maximum absolute atomic E-state index is 10.9. The second-order valence-electron chi connectivity index (χ2n) is 6.73. The Labute approximate surface area is 171 Å². The average Bonchev–Trinajstić information content (AvgIpc) is 3.14. The number of hydrogen-bond acceptors (Lipinski definition) is 6. The molecule has 0 spiro atoms. The normalized spacial score (nSPS) is 10.6. The highest BCUT2D eigenvalue weighted by Gasteiger charge is 2.23. The molecule has 0 fully saturated rings. The van der Waals surface area contributed by atoms with E-state index in [0.29, 0.717) is 22.5 Å². The van der Waals surface area contributed by atoms with Crippen molar-refractivity contribution in [2.24, 2.45) is 5.73 Å². The molecule has 0 saturated carbocycles. The van der Waals surface area contributed by atoms with Crippen LogP contribution in [-0.2, 0) is 4.79 Å². The second kappa shape index (κ2) is 7.12. The Morgan fingerprint density at radius 3 is 2.47 bits per heavy atom. The van der Waals surface area contributed by atoms with Crippen molar-refractivity contribution < 1.29 is 9.53 Å². The van der Waals surface area contributed by atoms with Crippen molar-refractivity contribution >= 4 is 28.4 Å². The summed E-state index contributed by atoms with van der Waals surface area (Å²) in [6.45, 7) is 1.68. The zero-order valence-electron chi connectivity index (χ0n) is 16.0. The van der Waals surface area contributed by atoms with Gasteiger partial charge in [0, 0.05) is 5.56 Å². The van der Waals surface area contributed by atoms with Gasteiger partial charge in [-0.05, 0) is 36.2 Å². The van der Waals surface area contributed by atoms with Crippen molar-refractivity contribution in [1.29, 1.82) is 10.5 Å². The fourth-order valence-corrected chi connectivity index (χ4v) is 3.51. The Bertz CT molecular complexity index is 1400. The number of rotatable bonds is 4. The van der Waals surface area contributed by atoms with Crippen LogP contribution in [0, 0.1) is 29.6 Å². The summed E-state index contributed by atoms with van der Waals surface area (Å²) in [7, 11) is 0. The van der Waals surface area contributed by atoms with Crippen molar-refractivity contribution in [2.75, 3.05) is 12.3 Å². The highest BCUT2D eigenvalue weighted by Crippen LogP contribution is 2.36. The van der Waals surface area contributed by atoms with Crippen LogP contribution >= 0.6 is 0 Å². The highest BCUT2D eigenvalue weighted by molar-refractivity contribution is 5.93. The van der Waals surface area contributed by atoms with Gasteiger partial charge in [-0.15, -0.1) is 0 Å². The maximum atomic E-state index is 10.9. The minimum absolute atomic E-state index is 0.186. The predicted molar refractivity (Wildman–Crippen MR) is 111 cm³/mol. The third kappa shape index (κ3) is 2.84. The number of pyridine rings is 1. The number of nitriles is 2. The topological polar surface area (TPSA) is 143 Å². The number of aromatic nitrogens is 2. The Kier molecular flexibility index (Phi) is 4.46. The van der Waals surface area contributed by atoms with Gasteiger partial charge >= 0.3 is 0 Å². The summed E-state index contributed by atoms with van der Waals surface area (Å²) in [5, 5.41) is 19.8. The van der Waals surface area contributed by atoms with E-state index in [1.807, 2.05) is 25.1 Å². The predicted octanol–water partition coefficient (Wildman–Crippen LogP) is 2.65. The van der Waals surface area contributed by atoms with E-state index in [0.717, 1.165) is 16.6 Å². The Morgan fingerprint density at radius 2 is 1.83 bits per heavy atom. The molecule has 0 aliphatic rings. The number of imidazole rings is 1. The van der Waals surface area contributed by atoms with E-state index in [1.165, 1.54) is 0 Å². The van der Waals surface area contributed by atoms with E-state index in [-0.39, 0.29) is 23.6 Å². The number of para-hydroxylation sites is 1. The first-order valence-corrected chi connectivity index (χ1v) is 9.01. The number of primary amides is 1. The van der Waals surface area contributed by atoms with E-state index in [9.17, 15) is 15.3 Å². The van der Waals surface area contributed by atoms with Gasteiger partial charge in [-0.1, -0.05) is 24.3 Å². The van der Waals surface area contributed by atoms with Crippen molar-refractivity contribution in [1.82, 2.24) is 9.38 Å². The number of carbonyl (C=O) groups is 1. The van der Waals surface area contributed by atoms with Crippen molar-refractivity contribution in [3.63, 3.8) is 0 Å². The van der Waals surface area contributed by atoms with Gasteiger partial charge in [0.05, 0.1) is 11.0 Å². The van der Waals surface area contributed by atoms with E-state index in [2.05, 4.69) is 17.1 Å². The number of amides is 1. The van der Waals surface area contributed by atoms with Crippen LogP contribution in [0.1, 0.15) is 16.7 Å². The summed E-state index contributed by atoms with van der Waals surface area (Å²) in [5.74, 6) is 0.0620. The molecule has 146 valence electrons. The van der Waals surface area contributed by atoms with Crippen LogP contribution < -0.4 is 16.2 Å². The van der Waals surface area contributed by atoms with Gasteiger partial charge < -0.3 is 16.2 Å². The molecule has 0 saturated heterocycles. The minimum atomic E-state index is -0.586. The second-order valence-corrected chi connectivity index (χ2v) is 6.73. The molecule has 2 heterocycles. The number of fused-ring (bicyclic) bond motifs is 3. The molecule has 1 amide bonds. The van der Waals surface area contributed by atoms with Crippen LogP contribution in [0.4, 0.5) is 5.82 Å². The van der Waals surface area contributed by atoms with E-state index in [1.54, 1.807) is 28.7 Å². The van der Waals surface area contributed by atoms with Crippen LogP contribution in [0.5, 0.6) is 5.75 Å². The molecule has 0 radical (unpaired) electrons. The Hall–Kier alpha value is -4.56. The smallest absolute Gasteiger partial charge is 0.255 e. The van der Waals surface area contributed by atoms with Crippen molar-refractivity contribution in [3.05, 3.63) is 59.2 Å². The van der Waals surface area contributed by atoms with E-state index in [4.69, 9.17) is 16.2 Å². The molecule has 0 aliphatic heterocycles. The summed E-state index contributed by atoms with van der Waals surface area (Å²) in [4.78, 5) is 15.5. The lowest BCUT2D eigenvalue weighted by molar-refractivity contribution is -0.119. The summed E-state index contributed by atoms with van der Waals surface area (Å²) < 4.78 is 6.92. The van der Waals surface area contributed by atoms with Crippen LogP contribution in [0.2, 0.25) is 0 Å². The van der Waals surface area contributed by atoms with Crippen LogP contribution in [0.25, 0.3) is 27.8 Å². The van der Waals surface area contributed by atoms with Gasteiger partial charge in [0.25, 0.3) is 5.91 Å². The van der Waals surface area contributed by atoms with Gasteiger partial charge in [-0.2, -0.15) is 10.5 Å². The fraction of sp³-hybridized carbons (Fsp3) is 0.0909. The number of nitrogens with zero attached hydrogens (tertiary/aromatic N) is 4. The van der Waals surface area contributed by atoms with Gasteiger partial charge in [0.15, 0.2) is 12.3 Å². The number of benzene rings is 2. The van der Waals surface area contributed by atoms with E-state index >= 15 is 0 Å². The number of nitrogens with two attached hydrogens (primary N) is 2.